The van der Waals surface area contributed by atoms with Gasteiger partial charge in [-0.25, -0.2) is 0 Å². The van der Waals surface area contributed by atoms with Crippen molar-refractivity contribution in [1.29, 1.82) is 0 Å². The van der Waals surface area contributed by atoms with Gasteiger partial charge >= 0.3 is 0 Å². The van der Waals surface area contributed by atoms with E-state index in [0.29, 0.717) is 24.0 Å². The average Bonchev–Trinajstić information content (AvgIpc) is 2.90. The van der Waals surface area contributed by atoms with Crippen LogP contribution in [0.4, 0.5) is 0 Å². The van der Waals surface area contributed by atoms with Gasteiger partial charge in [0.15, 0.2) is 0 Å². The van der Waals surface area contributed by atoms with Gasteiger partial charge in [0, 0.05) is 24.8 Å². The van der Waals surface area contributed by atoms with Crippen LogP contribution in [0.5, 0.6) is 0 Å². The number of nitrogens with zero attached hydrogens (tertiary/aromatic N) is 1. The maximum absolute atomic E-state index is 12.3. The van der Waals surface area contributed by atoms with Gasteiger partial charge in [-0.15, -0.1) is 11.8 Å². The van der Waals surface area contributed by atoms with E-state index < -0.39 is 0 Å². The summed E-state index contributed by atoms with van der Waals surface area (Å²) in [4.78, 5) is 25.9. The molecule has 0 aromatic rings. The molecule has 2 rings (SSSR count). The van der Waals surface area contributed by atoms with Crippen LogP contribution in [-0.2, 0) is 9.59 Å². The standard InChI is InChI=1S/C13H23N3O2S/c1-3-12(17)16-8-19-7-11(16)13(18)15-10-6-14-5-4-9(10)2/h9-11,14H,3-8H2,1-2H3,(H,15,18). The Morgan fingerprint density at radius 3 is 2.95 bits per heavy atom. The Balaban J connectivity index is 1.93. The van der Waals surface area contributed by atoms with E-state index >= 15 is 0 Å². The lowest BCUT2D eigenvalue weighted by Crippen LogP contribution is -2.55. The van der Waals surface area contributed by atoms with Gasteiger partial charge < -0.3 is 15.5 Å². The third kappa shape index (κ3) is 3.42. The summed E-state index contributed by atoms with van der Waals surface area (Å²) in [6.45, 7) is 5.86. The van der Waals surface area contributed by atoms with E-state index in [1.165, 1.54) is 0 Å². The molecule has 0 aromatic heterocycles. The van der Waals surface area contributed by atoms with Gasteiger partial charge in [0.2, 0.25) is 11.8 Å². The molecule has 2 N–H and O–H groups in total. The number of carbonyl (C=O) groups is 2. The summed E-state index contributed by atoms with van der Waals surface area (Å²) in [7, 11) is 0. The van der Waals surface area contributed by atoms with Crippen LogP contribution < -0.4 is 10.6 Å². The molecule has 0 aromatic carbocycles. The number of piperidine rings is 1. The van der Waals surface area contributed by atoms with E-state index in [4.69, 9.17) is 0 Å². The van der Waals surface area contributed by atoms with Crippen molar-refractivity contribution < 1.29 is 9.59 Å². The molecular weight excluding hydrogens is 262 g/mol. The summed E-state index contributed by atoms with van der Waals surface area (Å²) in [6, 6.07) is -0.1000. The monoisotopic (exact) mass is 285 g/mol. The van der Waals surface area contributed by atoms with Crippen LogP contribution in [0, 0.1) is 5.92 Å². The second kappa shape index (κ2) is 6.61. The number of nitrogens with one attached hydrogen (secondary N) is 2. The number of carbonyl (C=O) groups excluding carboxylic acids is 2. The van der Waals surface area contributed by atoms with Crippen molar-refractivity contribution >= 4 is 23.6 Å². The second-order valence-electron chi connectivity index (χ2n) is 5.32. The Labute approximate surface area is 118 Å². The normalized spacial score (nSPS) is 31.3. The molecule has 3 unspecified atom stereocenters. The van der Waals surface area contributed by atoms with Crippen LogP contribution in [-0.4, -0.2) is 53.5 Å². The van der Waals surface area contributed by atoms with Gasteiger partial charge in [0.1, 0.15) is 6.04 Å². The lowest BCUT2D eigenvalue weighted by atomic mass is 9.94. The van der Waals surface area contributed by atoms with Crippen LogP contribution >= 0.6 is 11.8 Å². The smallest absolute Gasteiger partial charge is 0.243 e. The predicted octanol–water partition coefficient (Wildman–Crippen LogP) is 0.412. The Morgan fingerprint density at radius 2 is 2.26 bits per heavy atom. The Bertz CT molecular complexity index is 351. The molecule has 0 saturated carbocycles. The lowest BCUT2D eigenvalue weighted by molar-refractivity contribution is -0.138. The van der Waals surface area contributed by atoms with E-state index in [2.05, 4.69) is 17.6 Å². The molecule has 0 radical (unpaired) electrons. The SMILES string of the molecule is CCC(=O)N1CSCC1C(=O)NC1CNCCC1C. The fourth-order valence-electron chi connectivity index (χ4n) is 2.57. The Hall–Kier alpha value is -0.750. The van der Waals surface area contributed by atoms with Crippen LogP contribution in [0.3, 0.4) is 0 Å². The topological polar surface area (TPSA) is 61.4 Å². The molecule has 2 heterocycles. The molecular formula is C13H23N3O2S. The maximum Gasteiger partial charge on any atom is 0.243 e. The largest absolute Gasteiger partial charge is 0.350 e. The molecule has 2 fully saturated rings. The quantitative estimate of drug-likeness (QED) is 0.788. The first-order valence-corrected chi connectivity index (χ1v) is 8.17. The minimum absolute atomic E-state index is 0.00681. The summed E-state index contributed by atoms with van der Waals surface area (Å²) < 4.78 is 0. The highest BCUT2D eigenvalue weighted by molar-refractivity contribution is 7.99. The highest BCUT2D eigenvalue weighted by Crippen LogP contribution is 2.22. The van der Waals surface area contributed by atoms with Crippen LogP contribution in [0.25, 0.3) is 0 Å². The molecule has 2 saturated heterocycles. The summed E-state index contributed by atoms with van der Waals surface area (Å²) in [5.41, 5.74) is 0. The van der Waals surface area contributed by atoms with Crippen LogP contribution in [0.2, 0.25) is 0 Å². The molecule has 19 heavy (non-hydrogen) atoms. The summed E-state index contributed by atoms with van der Waals surface area (Å²) >= 11 is 1.65. The molecule has 0 spiro atoms. The zero-order valence-electron chi connectivity index (χ0n) is 11.6. The summed E-state index contributed by atoms with van der Waals surface area (Å²) in [5.74, 6) is 1.93. The summed E-state index contributed by atoms with van der Waals surface area (Å²) in [5, 5.41) is 6.42. The molecule has 6 heteroatoms. The number of rotatable bonds is 3. The van der Waals surface area contributed by atoms with Crippen molar-refractivity contribution in [3.63, 3.8) is 0 Å². The number of thioether (sulfide) groups is 1. The van der Waals surface area contributed by atoms with Gasteiger partial charge in [0.25, 0.3) is 0 Å². The maximum atomic E-state index is 12.3. The predicted molar refractivity (Wildman–Crippen MR) is 76.8 cm³/mol. The second-order valence-corrected chi connectivity index (χ2v) is 6.32. The highest BCUT2D eigenvalue weighted by atomic mass is 32.2. The fraction of sp³-hybridized carbons (Fsp3) is 0.846. The van der Waals surface area contributed by atoms with Gasteiger partial charge in [-0.3, -0.25) is 9.59 Å². The zero-order valence-corrected chi connectivity index (χ0v) is 12.5. The van der Waals surface area contributed by atoms with E-state index in [-0.39, 0.29) is 23.9 Å². The molecule has 5 nitrogen and oxygen atoms in total. The third-order valence-electron chi connectivity index (χ3n) is 3.96. The third-order valence-corrected chi connectivity index (χ3v) is 4.98. The van der Waals surface area contributed by atoms with Crippen molar-refractivity contribution in [2.24, 2.45) is 5.92 Å². The minimum Gasteiger partial charge on any atom is -0.350 e. The van der Waals surface area contributed by atoms with E-state index in [1.807, 2.05) is 6.92 Å². The molecule has 0 aliphatic carbocycles. The Morgan fingerprint density at radius 1 is 1.47 bits per heavy atom. The van der Waals surface area contributed by atoms with Crippen LogP contribution in [0.15, 0.2) is 0 Å². The first kappa shape index (κ1) is 14.7. The van der Waals surface area contributed by atoms with Crippen molar-refractivity contribution in [1.82, 2.24) is 15.5 Å². The fourth-order valence-corrected chi connectivity index (χ4v) is 3.75. The molecule has 2 aliphatic heterocycles. The van der Waals surface area contributed by atoms with Crippen molar-refractivity contribution in [3.8, 4) is 0 Å². The van der Waals surface area contributed by atoms with Crippen molar-refractivity contribution in [3.05, 3.63) is 0 Å². The zero-order chi connectivity index (χ0) is 13.8. The molecule has 0 bridgehead atoms. The van der Waals surface area contributed by atoms with E-state index in [1.54, 1.807) is 16.7 Å². The molecule has 108 valence electrons. The van der Waals surface area contributed by atoms with Crippen LogP contribution in [0.1, 0.15) is 26.7 Å². The number of amides is 2. The first-order chi connectivity index (χ1) is 9.13. The van der Waals surface area contributed by atoms with E-state index in [9.17, 15) is 9.59 Å². The molecule has 2 amide bonds. The lowest BCUT2D eigenvalue weighted by Gasteiger charge is -2.32. The number of hydrogen-bond acceptors (Lipinski definition) is 4. The molecule has 3 atom stereocenters. The van der Waals surface area contributed by atoms with Crippen molar-refractivity contribution in [2.75, 3.05) is 24.7 Å². The van der Waals surface area contributed by atoms with Gasteiger partial charge in [-0.05, 0) is 18.9 Å². The minimum atomic E-state index is -0.286. The average molecular weight is 285 g/mol. The molecule has 2 aliphatic rings. The van der Waals surface area contributed by atoms with Crippen molar-refractivity contribution in [2.45, 2.75) is 38.8 Å². The van der Waals surface area contributed by atoms with Gasteiger partial charge in [-0.2, -0.15) is 0 Å². The first-order valence-electron chi connectivity index (χ1n) is 7.01. The van der Waals surface area contributed by atoms with Gasteiger partial charge in [0.05, 0.1) is 5.88 Å². The highest BCUT2D eigenvalue weighted by Gasteiger charge is 2.35. The summed E-state index contributed by atoms with van der Waals surface area (Å²) in [6.07, 6.45) is 1.55. The Kier molecular flexibility index (Phi) is 5.10. The van der Waals surface area contributed by atoms with Gasteiger partial charge in [-0.1, -0.05) is 13.8 Å². The number of hydrogen-bond donors (Lipinski definition) is 2. The van der Waals surface area contributed by atoms with E-state index in [0.717, 1.165) is 19.5 Å².